The Kier molecular flexibility index (Phi) is 8.70. The van der Waals surface area contributed by atoms with Crippen molar-refractivity contribution >= 4 is 35.5 Å². The number of carbonyl (C=O) groups is 2. The molecule has 1 aliphatic heterocycles. The summed E-state index contributed by atoms with van der Waals surface area (Å²) in [6.45, 7) is 0.822. The first-order chi connectivity index (χ1) is 20.0. The third-order valence-electron chi connectivity index (χ3n) is 6.43. The first-order valence-corrected chi connectivity index (χ1v) is 13.9. The van der Waals surface area contributed by atoms with Crippen LogP contribution in [0.3, 0.4) is 0 Å². The van der Waals surface area contributed by atoms with Crippen molar-refractivity contribution in [1.82, 2.24) is 10.3 Å². The van der Waals surface area contributed by atoms with Crippen LogP contribution in [0.4, 0.5) is 5.69 Å². The highest BCUT2D eigenvalue weighted by atomic mass is 32.2. The minimum atomic E-state index is -0.440. The number of nitrogens with one attached hydrogen (secondary N) is 1. The Morgan fingerprint density at radius 3 is 2.37 bits per heavy atom. The van der Waals surface area contributed by atoms with Crippen LogP contribution in [0.25, 0.3) is 0 Å². The summed E-state index contributed by atoms with van der Waals surface area (Å²) in [5.74, 6) is 0.826. The second-order valence-corrected chi connectivity index (χ2v) is 10.3. The predicted octanol–water partition coefficient (Wildman–Crippen LogP) is 5.71. The van der Waals surface area contributed by atoms with Crippen LogP contribution in [0, 0.1) is 10.1 Å². The molecule has 41 heavy (non-hydrogen) atoms. The molecule has 10 heteroatoms. The zero-order valence-electron chi connectivity index (χ0n) is 21.9. The molecule has 1 fully saturated rings. The van der Waals surface area contributed by atoms with E-state index in [1.54, 1.807) is 60.3 Å². The summed E-state index contributed by atoms with van der Waals surface area (Å²) in [5.41, 5.74) is 6.66. The van der Waals surface area contributed by atoms with Crippen molar-refractivity contribution in [3.8, 4) is 5.75 Å². The molecule has 1 heterocycles. The topological polar surface area (TPSA) is 114 Å². The fourth-order valence-electron chi connectivity index (χ4n) is 4.24. The molecule has 0 spiro atoms. The van der Waals surface area contributed by atoms with Crippen molar-refractivity contribution < 1.29 is 19.2 Å². The zero-order chi connectivity index (χ0) is 28.6. The zero-order valence-corrected chi connectivity index (χ0v) is 22.7. The molecule has 1 N–H and O–H groups in total. The van der Waals surface area contributed by atoms with E-state index in [1.165, 1.54) is 18.3 Å². The first kappa shape index (κ1) is 27.6. The molecule has 0 saturated carbocycles. The van der Waals surface area contributed by atoms with Gasteiger partial charge in [-0.25, -0.2) is 5.43 Å². The Labute approximate surface area is 241 Å². The Morgan fingerprint density at radius 1 is 0.976 bits per heavy atom. The molecular formula is C31H26N4O5S. The summed E-state index contributed by atoms with van der Waals surface area (Å²) in [4.78, 5) is 37.3. The number of ether oxygens (including phenoxy) is 1. The lowest BCUT2D eigenvalue weighted by Gasteiger charge is -2.24. The normalized spacial score (nSPS) is 14.8. The number of non-ortho nitro benzene ring substituents is 1. The van der Waals surface area contributed by atoms with Crippen molar-refractivity contribution in [1.29, 1.82) is 0 Å². The lowest BCUT2D eigenvalue weighted by atomic mass is 10.1. The maximum Gasteiger partial charge on any atom is 0.271 e. The second-order valence-electron chi connectivity index (χ2n) is 9.27. The summed E-state index contributed by atoms with van der Waals surface area (Å²) < 4.78 is 5.73. The number of nitro groups is 1. The number of benzene rings is 4. The largest absolute Gasteiger partial charge is 0.489 e. The summed E-state index contributed by atoms with van der Waals surface area (Å²) in [6.07, 6.45) is 1.54. The lowest BCUT2D eigenvalue weighted by molar-refractivity contribution is -0.384. The third kappa shape index (κ3) is 7.17. The van der Waals surface area contributed by atoms with Gasteiger partial charge in [-0.3, -0.25) is 19.7 Å². The van der Waals surface area contributed by atoms with Crippen LogP contribution in [0.15, 0.2) is 108 Å². The van der Waals surface area contributed by atoms with Crippen molar-refractivity contribution in [3.05, 3.63) is 141 Å². The molecular weight excluding hydrogens is 540 g/mol. The number of carbonyl (C=O) groups excluding carboxylic acids is 2. The number of nitrogens with zero attached hydrogens (tertiary/aromatic N) is 3. The number of hydrogen-bond donors (Lipinski definition) is 1. The van der Waals surface area contributed by atoms with Gasteiger partial charge >= 0.3 is 0 Å². The number of amides is 2. The number of nitro benzene ring substituents is 1. The lowest BCUT2D eigenvalue weighted by Crippen LogP contribution is -2.27. The molecule has 0 bridgehead atoms. The molecule has 1 atom stereocenters. The first-order valence-electron chi connectivity index (χ1n) is 12.8. The van der Waals surface area contributed by atoms with E-state index in [9.17, 15) is 19.7 Å². The average molecular weight is 567 g/mol. The molecule has 0 aliphatic carbocycles. The second kappa shape index (κ2) is 12.9. The third-order valence-corrected chi connectivity index (χ3v) is 7.69. The number of hydrogen-bond acceptors (Lipinski definition) is 7. The molecule has 1 saturated heterocycles. The molecule has 9 nitrogen and oxygen atoms in total. The highest BCUT2D eigenvalue weighted by molar-refractivity contribution is 8.00. The SMILES string of the molecule is O=C(N/N=C\c1ccc(OCc2ccc([N+](=O)[O-])cc2)cc1)c1ccc([C@@H]2SCC(=O)N2Cc2ccccc2)cc1. The van der Waals surface area contributed by atoms with E-state index >= 15 is 0 Å². The van der Waals surface area contributed by atoms with Gasteiger partial charge in [-0.05, 0) is 70.8 Å². The van der Waals surface area contributed by atoms with E-state index in [4.69, 9.17) is 4.74 Å². The Morgan fingerprint density at radius 2 is 1.68 bits per heavy atom. The standard InChI is InChI=1S/C31H26N4O5S/c36-29-21-41-31(34(29)19-23-4-2-1-3-5-23)26-12-10-25(11-13-26)30(37)33-32-18-22-8-16-28(17-9-22)40-20-24-6-14-27(15-7-24)35(38)39/h1-18,31H,19-21H2,(H,33,37)/b32-18-/t31-/m0/s1. The van der Waals surface area contributed by atoms with E-state index in [-0.39, 0.29) is 29.5 Å². The van der Waals surface area contributed by atoms with Gasteiger partial charge < -0.3 is 9.64 Å². The van der Waals surface area contributed by atoms with Gasteiger partial charge in [0.1, 0.15) is 17.7 Å². The monoisotopic (exact) mass is 566 g/mol. The van der Waals surface area contributed by atoms with Crippen LogP contribution in [0.1, 0.15) is 38.0 Å². The van der Waals surface area contributed by atoms with Crippen LogP contribution in [0.5, 0.6) is 5.75 Å². The number of thioether (sulfide) groups is 1. The highest BCUT2D eigenvalue weighted by Gasteiger charge is 2.32. The molecule has 0 radical (unpaired) electrons. The van der Waals surface area contributed by atoms with Crippen molar-refractivity contribution in [3.63, 3.8) is 0 Å². The summed E-state index contributed by atoms with van der Waals surface area (Å²) >= 11 is 1.58. The molecule has 4 aromatic carbocycles. The van der Waals surface area contributed by atoms with Crippen LogP contribution in [-0.4, -0.2) is 33.6 Å². The van der Waals surface area contributed by atoms with Crippen LogP contribution in [-0.2, 0) is 17.9 Å². The predicted molar refractivity (Wildman–Crippen MR) is 158 cm³/mol. The number of hydrazone groups is 1. The maximum absolute atomic E-state index is 12.6. The average Bonchev–Trinajstić information content (AvgIpc) is 3.37. The summed E-state index contributed by atoms with van der Waals surface area (Å²) in [5, 5.41) is 14.7. The van der Waals surface area contributed by atoms with Crippen molar-refractivity contribution in [2.45, 2.75) is 18.5 Å². The molecule has 0 unspecified atom stereocenters. The van der Waals surface area contributed by atoms with Crippen LogP contribution in [0.2, 0.25) is 0 Å². The smallest absolute Gasteiger partial charge is 0.271 e. The van der Waals surface area contributed by atoms with E-state index in [0.29, 0.717) is 23.6 Å². The Bertz CT molecular complexity index is 1540. The minimum absolute atomic E-state index is 0.0354. The summed E-state index contributed by atoms with van der Waals surface area (Å²) in [6, 6.07) is 30.5. The van der Waals surface area contributed by atoms with E-state index in [0.717, 1.165) is 22.3 Å². The van der Waals surface area contributed by atoms with E-state index in [2.05, 4.69) is 10.5 Å². The van der Waals surface area contributed by atoms with Gasteiger partial charge in [0, 0.05) is 24.2 Å². The van der Waals surface area contributed by atoms with Crippen LogP contribution < -0.4 is 10.2 Å². The van der Waals surface area contributed by atoms with Gasteiger partial charge in [0.25, 0.3) is 11.6 Å². The quantitative estimate of drug-likeness (QED) is 0.149. The Hall–Kier alpha value is -4.96. The van der Waals surface area contributed by atoms with Gasteiger partial charge in [0.05, 0.1) is 16.9 Å². The maximum atomic E-state index is 12.6. The van der Waals surface area contributed by atoms with Gasteiger partial charge in [-0.2, -0.15) is 5.10 Å². The van der Waals surface area contributed by atoms with Gasteiger partial charge in [-0.15, -0.1) is 11.8 Å². The Balaban J connectivity index is 1.12. The molecule has 0 aromatic heterocycles. The molecule has 1 aliphatic rings. The summed E-state index contributed by atoms with van der Waals surface area (Å²) in [7, 11) is 0. The van der Waals surface area contributed by atoms with Crippen LogP contribution >= 0.6 is 11.8 Å². The number of rotatable bonds is 10. The molecule has 206 valence electrons. The van der Waals surface area contributed by atoms with Crippen molar-refractivity contribution in [2.75, 3.05) is 5.75 Å². The molecule has 2 amide bonds. The fraction of sp³-hybridized carbons (Fsp3) is 0.129. The van der Waals surface area contributed by atoms with Gasteiger partial charge in [0.15, 0.2) is 0 Å². The van der Waals surface area contributed by atoms with E-state index in [1.807, 2.05) is 47.4 Å². The molecule has 4 aromatic rings. The highest BCUT2D eigenvalue weighted by Crippen LogP contribution is 2.39. The van der Waals surface area contributed by atoms with Gasteiger partial charge in [-0.1, -0.05) is 42.5 Å². The van der Waals surface area contributed by atoms with Crippen molar-refractivity contribution in [2.24, 2.45) is 5.10 Å². The minimum Gasteiger partial charge on any atom is -0.489 e. The fourth-order valence-corrected chi connectivity index (χ4v) is 5.43. The van der Waals surface area contributed by atoms with E-state index < -0.39 is 4.92 Å². The van der Waals surface area contributed by atoms with Gasteiger partial charge in [0.2, 0.25) is 5.91 Å². The molecule has 5 rings (SSSR count).